The van der Waals surface area contributed by atoms with Crippen molar-refractivity contribution in [1.29, 1.82) is 0 Å². The van der Waals surface area contributed by atoms with Crippen LogP contribution in [-0.4, -0.2) is 14.7 Å². The summed E-state index contributed by atoms with van der Waals surface area (Å²) in [5.74, 6) is -1.98. The van der Waals surface area contributed by atoms with Gasteiger partial charge in [-0.2, -0.15) is 0 Å². The van der Waals surface area contributed by atoms with Gasteiger partial charge in [0.25, 0.3) is 0 Å². The summed E-state index contributed by atoms with van der Waals surface area (Å²) in [6, 6.07) is 2.63. The van der Waals surface area contributed by atoms with E-state index in [1.165, 1.54) is 0 Å². The average molecular weight is 212 g/mol. The maximum Gasteiger partial charge on any atom is 0.333 e. The molecule has 2 aromatic rings. The zero-order valence-electron chi connectivity index (χ0n) is 7.37. The molecule has 0 spiro atoms. The lowest BCUT2D eigenvalue weighted by Crippen LogP contribution is -2.15. The predicted octanol–water partition coefficient (Wildman–Crippen LogP) is 1.15. The van der Waals surface area contributed by atoms with Gasteiger partial charge in [0.05, 0.1) is 11.9 Å². The Morgan fingerprint density at radius 3 is 2.67 bits per heavy atom. The molecule has 0 aliphatic carbocycles. The zero-order valence-corrected chi connectivity index (χ0v) is 7.37. The highest BCUT2D eigenvalue weighted by Crippen LogP contribution is 2.17. The Hall–Kier alpha value is -2.11. The molecule has 0 aliphatic rings. The number of H-pyrrole nitrogens is 1. The van der Waals surface area contributed by atoms with E-state index in [1.54, 1.807) is 0 Å². The topological polar surface area (TPSA) is 58.0 Å². The molecule has 2 rings (SSSR count). The van der Waals surface area contributed by atoms with E-state index in [0.29, 0.717) is 4.57 Å². The molecule has 0 unspecified atom stereocenters. The number of hydrogen-bond donors (Lipinski definition) is 2. The van der Waals surface area contributed by atoms with Gasteiger partial charge in [-0.05, 0) is 12.1 Å². The highest BCUT2D eigenvalue weighted by molar-refractivity contribution is 5.37. The van der Waals surface area contributed by atoms with Gasteiger partial charge in [-0.15, -0.1) is 0 Å². The molecule has 1 aromatic heterocycles. The van der Waals surface area contributed by atoms with Crippen molar-refractivity contribution in [2.45, 2.75) is 0 Å². The van der Waals surface area contributed by atoms with Crippen LogP contribution in [-0.2, 0) is 0 Å². The van der Waals surface area contributed by atoms with Gasteiger partial charge in [0.2, 0.25) is 5.88 Å². The van der Waals surface area contributed by atoms with E-state index < -0.39 is 23.2 Å². The molecule has 0 saturated carbocycles. The van der Waals surface area contributed by atoms with E-state index in [1.807, 2.05) is 0 Å². The molecule has 0 radical (unpaired) electrons. The van der Waals surface area contributed by atoms with Crippen molar-refractivity contribution in [3.63, 3.8) is 0 Å². The molecule has 2 N–H and O–H groups in total. The fourth-order valence-electron chi connectivity index (χ4n) is 1.25. The summed E-state index contributed by atoms with van der Waals surface area (Å²) in [6.07, 6.45) is 0.993. The van der Waals surface area contributed by atoms with Crippen molar-refractivity contribution in [3.05, 3.63) is 46.5 Å². The number of aromatic hydroxyl groups is 1. The number of nitrogens with zero attached hydrogens (tertiary/aromatic N) is 1. The first-order valence-corrected chi connectivity index (χ1v) is 4.04. The van der Waals surface area contributed by atoms with Crippen LogP contribution >= 0.6 is 0 Å². The van der Waals surface area contributed by atoms with Gasteiger partial charge in [0.15, 0.2) is 0 Å². The average Bonchev–Trinajstić information content (AvgIpc) is 2.51. The Balaban J connectivity index is 2.74. The molecule has 0 aliphatic heterocycles. The standard InChI is InChI=1S/C9H6F2N2O2/c10-5-1-2-6(11)7(3-5)13-8(14)4-12-9(13)15/h1-4,14H,(H,12,15). The maximum absolute atomic E-state index is 13.2. The maximum atomic E-state index is 13.2. The molecule has 4 nitrogen and oxygen atoms in total. The fraction of sp³-hybridized carbons (Fsp3) is 0. The van der Waals surface area contributed by atoms with E-state index in [4.69, 9.17) is 0 Å². The van der Waals surface area contributed by atoms with Crippen LogP contribution in [0, 0.1) is 11.6 Å². The number of rotatable bonds is 1. The second-order valence-electron chi connectivity index (χ2n) is 2.88. The molecular formula is C9H6F2N2O2. The summed E-state index contributed by atoms with van der Waals surface area (Å²) >= 11 is 0. The first-order chi connectivity index (χ1) is 7.09. The van der Waals surface area contributed by atoms with Crippen LogP contribution in [0.2, 0.25) is 0 Å². The third kappa shape index (κ3) is 1.50. The largest absolute Gasteiger partial charge is 0.493 e. The van der Waals surface area contributed by atoms with Crippen molar-refractivity contribution in [2.24, 2.45) is 0 Å². The third-order valence-corrected chi connectivity index (χ3v) is 1.91. The minimum absolute atomic E-state index is 0.334. The van der Waals surface area contributed by atoms with Gasteiger partial charge >= 0.3 is 5.69 Å². The van der Waals surface area contributed by atoms with E-state index >= 15 is 0 Å². The lowest BCUT2D eigenvalue weighted by Gasteiger charge is -2.03. The van der Waals surface area contributed by atoms with E-state index in [-0.39, 0.29) is 5.69 Å². The Labute approximate surface area is 82.4 Å². The number of benzene rings is 1. The zero-order chi connectivity index (χ0) is 11.0. The minimum atomic E-state index is -0.798. The van der Waals surface area contributed by atoms with Gasteiger partial charge in [0.1, 0.15) is 11.6 Å². The number of aromatic nitrogens is 2. The molecule has 0 fully saturated rings. The molecule has 1 heterocycles. The van der Waals surface area contributed by atoms with E-state index in [2.05, 4.69) is 4.98 Å². The van der Waals surface area contributed by atoms with Crippen LogP contribution in [0.4, 0.5) is 8.78 Å². The molecule has 78 valence electrons. The van der Waals surface area contributed by atoms with Gasteiger partial charge in [-0.1, -0.05) is 0 Å². The molecule has 0 atom stereocenters. The number of hydrogen-bond acceptors (Lipinski definition) is 2. The minimum Gasteiger partial charge on any atom is -0.493 e. The van der Waals surface area contributed by atoms with Gasteiger partial charge in [0, 0.05) is 6.07 Å². The number of halogens is 2. The number of aromatic amines is 1. The van der Waals surface area contributed by atoms with Gasteiger partial charge in [-0.3, -0.25) is 0 Å². The normalized spacial score (nSPS) is 10.5. The van der Waals surface area contributed by atoms with Crippen LogP contribution in [0.5, 0.6) is 5.88 Å². The highest BCUT2D eigenvalue weighted by atomic mass is 19.1. The van der Waals surface area contributed by atoms with Crippen LogP contribution in [0.1, 0.15) is 0 Å². The first-order valence-electron chi connectivity index (χ1n) is 4.04. The van der Waals surface area contributed by atoms with Crippen LogP contribution in [0.3, 0.4) is 0 Å². The summed E-state index contributed by atoms with van der Waals surface area (Å²) in [4.78, 5) is 13.3. The first kappa shape index (κ1) is 9.45. The fourth-order valence-corrected chi connectivity index (χ4v) is 1.25. The summed E-state index contributed by atoms with van der Waals surface area (Å²) in [5.41, 5.74) is -1.07. The monoisotopic (exact) mass is 212 g/mol. The Kier molecular flexibility index (Phi) is 2.03. The SMILES string of the molecule is O=c1[nH]cc(O)n1-c1cc(F)ccc1F. The summed E-state index contributed by atoms with van der Waals surface area (Å²) in [5, 5.41) is 9.24. The number of imidazole rings is 1. The van der Waals surface area contributed by atoms with Gasteiger partial charge in [-0.25, -0.2) is 18.1 Å². The third-order valence-electron chi connectivity index (χ3n) is 1.91. The van der Waals surface area contributed by atoms with E-state index in [0.717, 1.165) is 24.4 Å². The van der Waals surface area contributed by atoms with Crippen molar-refractivity contribution < 1.29 is 13.9 Å². The Morgan fingerprint density at radius 2 is 2.07 bits per heavy atom. The Morgan fingerprint density at radius 1 is 1.33 bits per heavy atom. The second-order valence-corrected chi connectivity index (χ2v) is 2.88. The van der Waals surface area contributed by atoms with Crippen LogP contribution in [0.25, 0.3) is 5.69 Å². The van der Waals surface area contributed by atoms with Crippen LogP contribution < -0.4 is 5.69 Å². The lowest BCUT2D eigenvalue weighted by molar-refractivity contribution is 0.437. The quantitative estimate of drug-likeness (QED) is 0.744. The second kappa shape index (κ2) is 3.23. The van der Waals surface area contributed by atoms with Crippen molar-refractivity contribution in [2.75, 3.05) is 0 Å². The molecule has 1 aromatic carbocycles. The van der Waals surface area contributed by atoms with Crippen LogP contribution in [0.15, 0.2) is 29.2 Å². The molecule has 15 heavy (non-hydrogen) atoms. The molecule has 0 bridgehead atoms. The summed E-state index contributed by atoms with van der Waals surface area (Å²) in [7, 11) is 0. The van der Waals surface area contributed by atoms with Crippen molar-refractivity contribution in [1.82, 2.24) is 9.55 Å². The Bertz CT molecular complexity index is 559. The predicted molar refractivity (Wildman–Crippen MR) is 48.0 cm³/mol. The summed E-state index contributed by atoms with van der Waals surface area (Å²) in [6.45, 7) is 0. The molecule has 0 saturated heterocycles. The molecule has 0 amide bonds. The summed E-state index contributed by atoms with van der Waals surface area (Å²) < 4.78 is 26.7. The molecule has 6 heteroatoms. The van der Waals surface area contributed by atoms with Crippen molar-refractivity contribution >= 4 is 0 Å². The van der Waals surface area contributed by atoms with E-state index in [9.17, 15) is 18.7 Å². The number of nitrogens with one attached hydrogen (secondary N) is 1. The smallest absolute Gasteiger partial charge is 0.333 e. The lowest BCUT2D eigenvalue weighted by atomic mass is 10.3. The molecular weight excluding hydrogens is 206 g/mol. The van der Waals surface area contributed by atoms with Crippen molar-refractivity contribution in [3.8, 4) is 11.6 Å². The van der Waals surface area contributed by atoms with Gasteiger partial charge < -0.3 is 10.1 Å². The highest BCUT2D eigenvalue weighted by Gasteiger charge is 2.12.